The zero-order chi connectivity index (χ0) is 51.6. The molecule has 0 spiro atoms. The van der Waals surface area contributed by atoms with Crippen molar-refractivity contribution in [2.24, 2.45) is 0 Å². The van der Waals surface area contributed by atoms with E-state index in [2.05, 4.69) is 308 Å². The van der Waals surface area contributed by atoms with E-state index in [1.807, 2.05) is 0 Å². The van der Waals surface area contributed by atoms with E-state index < -0.39 is 0 Å². The van der Waals surface area contributed by atoms with Crippen molar-refractivity contribution in [3.8, 4) is 44.8 Å². The van der Waals surface area contributed by atoms with Gasteiger partial charge in [-0.1, -0.05) is 220 Å². The van der Waals surface area contributed by atoms with Crippen LogP contribution in [0.15, 0.2) is 276 Å². The Hall–Kier alpha value is -9.06. The van der Waals surface area contributed by atoms with E-state index in [9.17, 15) is 0 Å². The van der Waals surface area contributed by atoms with Gasteiger partial charge in [0.25, 0.3) is 0 Å². The van der Waals surface area contributed by atoms with Crippen LogP contribution in [0.5, 0.6) is 0 Å². The minimum Gasteiger partial charge on any atom is -0.309 e. The monoisotopic (exact) mass is 1120 g/mol. The summed E-state index contributed by atoms with van der Waals surface area (Å²) in [4.78, 5) is 0. The van der Waals surface area contributed by atoms with Crippen LogP contribution in [0.4, 0.5) is 0 Å². The molecule has 17 aromatic rings. The van der Waals surface area contributed by atoms with Crippen molar-refractivity contribution in [2.75, 3.05) is 0 Å². The molecule has 0 aliphatic heterocycles. The molecule has 0 radical (unpaired) electrons. The van der Waals surface area contributed by atoms with Crippen LogP contribution in [0.1, 0.15) is 0 Å². The molecule has 15 aromatic carbocycles. The topological polar surface area (TPSA) is 9.86 Å². The summed E-state index contributed by atoms with van der Waals surface area (Å²) >= 11 is 7.34. The summed E-state index contributed by atoms with van der Waals surface area (Å²) in [5.41, 5.74) is 14.6. The summed E-state index contributed by atoms with van der Waals surface area (Å²) in [6.45, 7) is 0. The van der Waals surface area contributed by atoms with Crippen LogP contribution < -0.4 is 0 Å². The number of rotatable bonds is 5. The molecule has 364 valence electrons. The van der Waals surface area contributed by atoms with Crippen molar-refractivity contribution in [1.82, 2.24) is 9.13 Å². The summed E-state index contributed by atoms with van der Waals surface area (Å²) in [7, 11) is 0. The van der Waals surface area contributed by atoms with Gasteiger partial charge >= 0.3 is 0 Å². The first kappa shape index (κ1) is 45.2. The lowest BCUT2D eigenvalue weighted by molar-refractivity contribution is 1.18. The maximum Gasteiger partial charge on any atom is 0.0553 e. The highest BCUT2D eigenvalue weighted by molar-refractivity contribution is 9.10. The Morgan fingerprint density at radius 3 is 1.06 bits per heavy atom. The van der Waals surface area contributed by atoms with Crippen molar-refractivity contribution >= 4 is 140 Å². The van der Waals surface area contributed by atoms with Crippen LogP contribution in [-0.4, -0.2) is 9.13 Å². The van der Waals surface area contributed by atoms with Gasteiger partial charge in [-0.15, -0.1) is 0 Å². The highest BCUT2D eigenvalue weighted by Gasteiger charge is 2.21. The standard InChI is InChI=1S/C40H24BrN.C34H20BrN/c41-32-17-11-27(12-18-32)30-16-22-36-35(23-30)40-34-21-15-29-8-4-7-28-9-10-31(39(34)38(28)29)24-37(40)42(36)33-19-13-26(14-20-33)25-5-2-1-3-6-25;35-26-14-18-30-29(20-26)34-28-17-13-24-8-4-7-23-9-10-25(33(28)32(23)24)19-31(34)36(30)27-15-11-22(12-16-27)21-5-2-1-3-6-21/h1-24H;1-20H. The fraction of sp³-hybridized carbons (Fsp3) is 0. The number of hydrogen-bond donors (Lipinski definition) is 0. The van der Waals surface area contributed by atoms with E-state index >= 15 is 0 Å². The second-order valence-corrected chi connectivity index (χ2v) is 22.5. The Bertz CT molecular complexity index is 5140. The lowest BCUT2D eigenvalue weighted by atomic mass is 9.91. The fourth-order valence-electron chi connectivity index (χ4n) is 12.8. The van der Waals surface area contributed by atoms with Crippen LogP contribution in [-0.2, 0) is 0 Å². The third kappa shape index (κ3) is 7.07. The van der Waals surface area contributed by atoms with E-state index in [-0.39, 0.29) is 0 Å². The van der Waals surface area contributed by atoms with E-state index in [0.717, 1.165) is 8.95 Å². The number of aromatic nitrogens is 2. The van der Waals surface area contributed by atoms with E-state index in [0.29, 0.717) is 0 Å². The van der Waals surface area contributed by atoms with Gasteiger partial charge in [0.15, 0.2) is 0 Å². The molecule has 0 atom stereocenters. The minimum absolute atomic E-state index is 1.09. The van der Waals surface area contributed by atoms with Gasteiger partial charge in [0.1, 0.15) is 0 Å². The molecule has 0 unspecified atom stereocenters. The summed E-state index contributed by atoms with van der Waals surface area (Å²) in [6, 6.07) is 97.6. The molecule has 78 heavy (non-hydrogen) atoms. The molecule has 0 amide bonds. The van der Waals surface area contributed by atoms with Crippen LogP contribution >= 0.6 is 31.9 Å². The average Bonchev–Trinajstić information content (AvgIpc) is 4.18. The molecule has 0 aliphatic rings. The number of halogens is 2. The lowest BCUT2D eigenvalue weighted by Crippen LogP contribution is -1.94. The van der Waals surface area contributed by atoms with Gasteiger partial charge in [0, 0.05) is 41.9 Å². The summed E-state index contributed by atoms with van der Waals surface area (Å²) < 4.78 is 7.05. The summed E-state index contributed by atoms with van der Waals surface area (Å²) in [5, 5.41) is 20.9. The van der Waals surface area contributed by atoms with Crippen LogP contribution in [0.3, 0.4) is 0 Å². The quantitative estimate of drug-likeness (QED) is 0.152. The SMILES string of the molecule is Brc1ccc(-c2ccc3c(c2)c2c4ccc5cccc6ccc(cc2n3-c2ccc(-c3ccccc3)cc2)c4c65)cc1.Brc1ccc2c(c1)c1c3ccc4cccc5ccc(cc1n2-c1ccc(-c2ccccc2)cc1)c3c54. The second kappa shape index (κ2) is 17.8. The van der Waals surface area contributed by atoms with Crippen molar-refractivity contribution in [3.05, 3.63) is 276 Å². The van der Waals surface area contributed by atoms with Crippen LogP contribution in [0.25, 0.3) is 153 Å². The van der Waals surface area contributed by atoms with Crippen molar-refractivity contribution in [1.29, 1.82) is 0 Å². The largest absolute Gasteiger partial charge is 0.309 e. The highest BCUT2D eigenvalue weighted by atomic mass is 79.9. The van der Waals surface area contributed by atoms with Crippen molar-refractivity contribution < 1.29 is 0 Å². The molecule has 2 heterocycles. The maximum absolute atomic E-state index is 3.74. The van der Waals surface area contributed by atoms with Gasteiger partial charge in [0.05, 0.1) is 22.1 Å². The minimum atomic E-state index is 1.09. The normalized spacial score (nSPS) is 12.0. The number of fused-ring (bicyclic) bond motifs is 8. The van der Waals surface area contributed by atoms with Gasteiger partial charge in [-0.05, 0) is 177 Å². The molecule has 0 aliphatic carbocycles. The zero-order valence-electron chi connectivity index (χ0n) is 42.1. The van der Waals surface area contributed by atoms with Crippen molar-refractivity contribution in [2.45, 2.75) is 0 Å². The predicted molar refractivity (Wildman–Crippen MR) is 341 cm³/mol. The van der Waals surface area contributed by atoms with E-state index in [4.69, 9.17) is 0 Å². The predicted octanol–water partition coefficient (Wildman–Crippen LogP) is 21.9. The first-order valence-electron chi connectivity index (χ1n) is 26.5. The van der Waals surface area contributed by atoms with Gasteiger partial charge in [-0.3, -0.25) is 0 Å². The second-order valence-electron chi connectivity index (χ2n) is 20.7. The third-order valence-electron chi connectivity index (χ3n) is 16.4. The van der Waals surface area contributed by atoms with E-state index in [1.165, 1.54) is 153 Å². The number of hydrogen-bond acceptors (Lipinski definition) is 0. The molecule has 2 aromatic heterocycles. The third-order valence-corrected chi connectivity index (χ3v) is 17.4. The highest BCUT2D eigenvalue weighted by Crippen LogP contribution is 2.46. The van der Waals surface area contributed by atoms with Gasteiger partial charge in [-0.25, -0.2) is 0 Å². The fourth-order valence-corrected chi connectivity index (χ4v) is 13.5. The molecule has 0 saturated carbocycles. The first-order valence-corrected chi connectivity index (χ1v) is 28.1. The molecule has 0 fully saturated rings. The number of benzene rings is 15. The van der Waals surface area contributed by atoms with Gasteiger partial charge in [0.2, 0.25) is 0 Å². The van der Waals surface area contributed by atoms with Gasteiger partial charge in [-0.2, -0.15) is 0 Å². The molecule has 4 heteroatoms. The Kier molecular flexibility index (Phi) is 10.3. The van der Waals surface area contributed by atoms with Crippen LogP contribution in [0.2, 0.25) is 0 Å². The first-order chi connectivity index (χ1) is 38.5. The van der Waals surface area contributed by atoms with E-state index in [1.54, 1.807) is 0 Å². The molecular weight excluding hydrogens is 1080 g/mol. The Labute approximate surface area is 466 Å². The summed E-state index contributed by atoms with van der Waals surface area (Å²) in [6.07, 6.45) is 0. The van der Waals surface area contributed by atoms with Crippen LogP contribution in [0, 0.1) is 0 Å². The maximum atomic E-state index is 3.74. The smallest absolute Gasteiger partial charge is 0.0553 e. The Balaban J connectivity index is 0.000000132. The zero-order valence-corrected chi connectivity index (χ0v) is 45.2. The molecule has 0 bridgehead atoms. The van der Waals surface area contributed by atoms with Gasteiger partial charge < -0.3 is 9.13 Å². The Morgan fingerprint density at radius 2 is 0.577 bits per heavy atom. The molecule has 0 N–H and O–H groups in total. The lowest BCUT2D eigenvalue weighted by Gasteiger charge is -2.13. The summed E-state index contributed by atoms with van der Waals surface area (Å²) in [5.74, 6) is 0. The molecule has 17 rings (SSSR count). The van der Waals surface area contributed by atoms with Crippen molar-refractivity contribution in [3.63, 3.8) is 0 Å². The Morgan fingerprint density at radius 1 is 0.205 bits per heavy atom. The molecule has 0 saturated heterocycles. The molecular formula is C74H44Br2N2. The number of nitrogens with zero attached hydrogens (tertiary/aromatic N) is 2. The average molecular weight is 1120 g/mol. The molecule has 2 nitrogen and oxygen atoms in total.